The zero-order valence-electron chi connectivity index (χ0n) is 11.6. The van der Waals surface area contributed by atoms with Gasteiger partial charge in [-0.25, -0.2) is 9.78 Å². The second-order valence-electron chi connectivity index (χ2n) is 4.73. The molecule has 0 bridgehead atoms. The first-order valence-electron chi connectivity index (χ1n) is 6.19. The summed E-state index contributed by atoms with van der Waals surface area (Å²) < 4.78 is 5.07. The van der Waals surface area contributed by atoms with Crippen LogP contribution in [0.1, 0.15) is 24.2 Å². The van der Waals surface area contributed by atoms with Crippen molar-refractivity contribution in [2.75, 3.05) is 37.4 Å². The summed E-state index contributed by atoms with van der Waals surface area (Å²) in [7, 11) is 1.62. The minimum absolute atomic E-state index is 0.0798. The van der Waals surface area contributed by atoms with Gasteiger partial charge in [-0.05, 0) is 12.0 Å². The number of carboxylic acids is 1. The van der Waals surface area contributed by atoms with Crippen molar-refractivity contribution in [3.05, 3.63) is 17.8 Å². The average Bonchev–Trinajstić information content (AvgIpc) is 2.34. The molecule has 0 unspecified atom stereocenters. The molecule has 0 radical (unpaired) electrons. The maximum absolute atomic E-state index is 11.1. The third-order valence-corrected chi connectivity index (χ3v) is 2.65. The zero-order valence-corrected chi connectivity index (χ0v) is 11.6. The van der Waals surface area contributed by atoms with Crippen LogP contribution in [0.3, 0.4) is 0 Å². The van der Waals surface area contributed by atoms with Crippen molar-refractivity contribution < 1.29 is 14.6 Å². The van der Waals surface area contributed by atoms with Gasteiger partial charge < -0.3 is 20.5 Å². The Morgan fingerprint density at radius 1 is 1.58 bits per heavy atom. The molecule has 0 atom stereocenters. The number of anilines is 2. The molecule has 6 heteroatoms. The number of nitrogens with two attached hydrogens (primary N) is 1. The number of hydrogen-bond acceptors (Lipinski definition) is 5. The van der Waals surface area contributed by atoms with Crippen LogP contribution < -0.4 is 10.6 Å². The Morgan fingerprint density at radius 2 is 2.26 bits per heavy atom. The van der Waals surface area contributed by atoms with Crippen LogP contribution in [0.2, 0.25) is 0 Å². The molecular formula is C13H21N3O3. The summed E-state index contributed by atoms with van der Waals surface area (Å²) in [6.07, 6.45) is 1.47. The number of aromatic nitrogens is 1. The van der Waals surface area contributed by atoms with Gasteiger partial charge in [0.2, 0.25) is 0 Å². The fourth-order valence-electron chi connectivity index (χ4n) is 1.83. The van der Waals surface area contributed by atoms with Crippen LogP contribution >= 0.6 is 0 Å². The van der Waals surface area contributed by atoms with Crippen molar-refractivity contribution in [1.82, 2.24) is 4.98 Å². The quantitative estimate of drug-likeness (QED) is 0.777. The maximum atomic E-state index is 11.1. The van der Waals surface area contributed by atoms with Gasteiger partial charge in [-0.1, -0.05) is 13.8 Å². The van der Waals surface area contributed by atoms with E-state index in [1.165, 1.54) is 12.3 Å². The van der Waals surface area contributed by atoms with Crippen molar-refractivity contribution in [3.63, 3.8) is 0 Å². The van der Waals surface area contributed by atoms with Crippen LogP contribution in [-0.4, -0.2) is 42.9 Å². The van der Waals surface area contributed by atoms with Crippen molar-refractivity contribution in [2.24, 2.45) is 5.92 Å². The minimum Gasteiger partial charge on any atom is -0.478 e. The Morgan fingerprint density at radius 3 is 2.79 bits per heavy atom. The largest absolute Gasteiger partial charge is 0.478 e. The molecule has 1 rings (SSSR count). The van der Waals surface area contributed by atoms with E-state index in [2.05, 4.69) is 18.8 Å². The molecule has 0 aromatic carbocycles. The summed E-state index contributed by atoms with van der Waals surface area (Å²) in [4.78, 5) is 17.2. The molecule has 0 spiro atoms. The Kier molecular flexibility index (Phi) is 5.57. The van der Waals surface area contributed by atoms with Crippen molar-refractivity contribution >= 4 is 17.5 Å². The van der Waals surface area contributed by atoms with E-state index in [1.807, 2.05) is 4.90 Å². The fraction of sp³-hybridized carbons (Fsp3) is 0.538. The van der Waals surface area contributed by atoms with Crippen LogP contribution in [0.5, 0.6) is 0 Å². The number of nitrogen functional groups attached to an aromatic ring is 1. The van der Waals surface area contributed by atoms with Crippen LogP contribution in [0.4, 0.5) is 11.5 Å². The molecule has 0 aliphatic rings. The number of ether oxygens (including phenoxy) is 1. The van der Waals surface area contributed by atoms with Crippen molar-refractivity contribution in [3.8, 4) is 0 Å². The summed E-state index contributed by atoms with van der Waals surface area (Å²) in [6, 6.07) is 1.41. The molecule has 0 aliphatic carbocycles. The number of pyridine rings is 1. The van der Waals surface area contributed by atoms with E-state index < -0.39 is 5.97 Å². The second-order valence-corrected chi connectivity index (χ2v) is 4.73. The fourth-order valence-corrected chi connectivity index (χ4v) is 1.83. The van der Waals surface area contributed by atoms with Gasteiger partial charge in [-0.3, -0.25) is 0 Å². The average molecular weight is 267 g/mol. The van der Waals surface area contributed by atoms with Crippen LogP contribution in [0.15, 0.2) is 12.3 Å². The molecule has 1 aromatic heterocycles. The van der Waals surface area contributed by atoms with E-state index in [0.29, 0.717) is 24.9 Å². The SMILES string of the molecule is COCCN(CC(C)C)c1nccc(C(=O)O)c1N. The second kappa shape index (κ2) is 6.94. The van der Waals surface area contributed by atoms with E-state index in [1.54, 1.807) is 7.11 Å². The minimum atomic E-state index is -1.04. The summed E-state index contributed by atoms with van der Waals surface area (Å²) >= 11 is 0. The van der Waals surface area contributed by atoms with E-state index in [0.717, 1.165) is 6.54 Å². The van der Waals surface area contributed by atoms with Gasteiger partial charge in [-0.2, -0.15) is 0 Å². The number of carboxylic acid groups (broad SMARTS) is 1. The molecule has 106 valence electrons. The van der Waals surface area contributed by atoms with Gasteiger partial charge in [-0.15, -0.1) is 0 Å². The summed E-state index contributed by atoms with van der Waals surface area (Å²) in [6.45, 7) is 6.05. The molecule has 0 saturated heterocycles. The molecule has 19 heavy (non-hydrogen) atoms. The molecule has 1 heterocycles. The number of nitrogens with zero attached hydrogens (tertiary/aromatic N) is 2. The highest BCUT2D eigenvalue weighted by atomic mass is 16.5. The predicted molar refractivity (Wildman–Crippen MR) is 74.5 cm³/mol. The van der Waals surface area contributed by atoms with Gasteiger partial charge in [0, 0.05) is 26.4 Å². The Labute approximate surface area is 113 Å². The predicted octanol–water partition coefficient (Wildman–Crippen LogP) is 1.47. The lowest BCUT2D eigenvalue weighted by atomic mass is 10.1. The highest BCUT2D eigenvalue weighted by molar-refractivity contribution is 5.96. The molecule has 0 fully saturated rings. The molecule has 0 amide bonds. The van der Waals surface area contributed by atoms with Crippen LogP contribution in [0.25, 0.3) is 0 Å². The van der Waals surface area contributed by atoms with Crippen LogP contribution in [-0.2, 0) is 4.74 Å². The lowest BCUT2D eigenvalue weighted by Gasteiger charge is -2.26. The number of hydrogen-bond donors (Lipinski definition) is 2. The monoisotopic (exact) mass is 267 g/mol. The van der Waals surface area contributed by atoms with Gasteiger partial charge >= 0.3 is 5.97 Å². The van der Waals surface area contributed by atoms with Gasteiger partial charge in [0.05, 0.1) is 17.9 Å². The normalized spacial score (nSPS) is 10.7. The Bertz CT molecular complexity index is 435. The van der Waals surface area contributed by atoms with E-state index >= 15 is 0 Å². The first-order chi connectivity index (χ1) is 8.97. The van der Waals surface area contributed by atoms with Crippen molar-refractivity contribution in [1.29, 1.82) is 0 Å². The molecule has 3 N–H and O–H groups in total. The molecular weight excluding hydrogens is 246 g/mol. The van der Waals surface area contributed by atoms with Gasteiger partial charge in [0.15, 0.2) is 5.82 Å². The van der Waals surface area contributed by atoms with Gasteiger partial charge in [0.25, 0.3) is 0 Å². The third-order valence-electron chi connectivity index (χ3n) is 2.65. The smallest absolute Gasteiger partial charge is 0.337 e. The first-order valence-corrected chi connectivity index (χ1v) is 6.19. The van der Waals surface area contributed by atoms with Crippen LogP contribution in [0, 0.1) is 5.92 Å². The van der Waals surface area contributed by atoms with E-state index in [-0.39, 0.29) is 11.3 Å². The highest BCUT2D eigenvalue weighted by Crippen LogP contribution is 2.24. The van der Waals surface area contributed by atoms with Crippen molar-refractivity contribution in [2.45, 2.75) is 13.8 Å². The maximum Gasteiger partial charge on any atom is 0.337 e. The third kappa shape index (κ3) is 4.10. The Balaban J connectivity index is 3.07. The standard InChI is InChI=1S/C13H21N3O3/c1-9(2)8-16(6-7-19-3)12-11(14)10(13(17)18)4-5-15-12/h4-5,9H,6-8,14H2,1-3H3,(H,17,18). The molecule has 0 aliphatic heterocycles. The summed E-state index contributed by atoms with van der Waals surface area (Å²) in [5.41, 5.74) is 6.19. The number of aromatic carboxylic acids is 1. The lowest BCUT2D eigenvalue weighted by Crippen LogP contribution is -2.32. The number of methoxy groups -OCH3 is 1. The first kappa shape index (κ1) is 15.2. The lowest BCUT2D eigenvalue weighted by molar-refractivity contribution is 0.0698. The summed E-state index contributed by atoms with van der Waals surface area (Å²) in [5, 5.41) is 9.08. The van der Waals surface area contributed by atoms with E-state index in [9.17, 15) is 4.79 Å². The van der Waals surface area contributed by atoms with Gasteiger partial charge in [0.1, 0.15) is 0 Å². The number of carbonyl (C=O) groups is 1. The number of rotatable bonds is 7. The molecule has 6 nitrogen and oxygen atoms in total. The molecule has 1 aromatic rings. The zero-order chi connectivity index (χ0) is 14.4. The Hall–Kier alpha value is -1.82. The highest BCUT2D eigenvalue weighted by Gasteiger charge is 2.18. The molecule has 0 saturated carbocycles. The summed E-state index contributed by atoms with van der Waals surface area (Å²) in [5.74, 6) is -0.130. The van der Waals surface area contributed by atoms with E-state index in [4.69, 9.17) is 15.6 Å². The topological polar surface area (TPSA) is 88.7 Å².